The molecule has 1 aliphatic heterocycles. The Hall–Kier alpha value is -0.770. The van der Waals surface area contributed by atoms with Gasteiger partial charge in [-0.2, -0.15) is 0 Å². The minimum atomic E-state index is -0.327. The Morgan fingerprint density at radius 1 is 1.33 bits per heavy atom. The lowest BCUT2D eigenvalue weighted by atomic mass is 9.85. The molecule has 0 aromatic heterocycles. The van der Waals surface area contributed by atoms with Gasteiger partial charge in [0.15, 0.2) is 0 Å². The summed E-state index contributed by atoms with van der Waals surface area (Å²) in [5, 5.41) is 10.6. The van der Waals surface area contributed by atoms with Crippen LogP contribution in [0.5, 0.6) is 0 Å². The van der Waals surface area contributed by atoms with Crippen LogP contribution in [0.1, 0.15) is 38.2 Å². The molecule has 0 unspecified atom stereocenters. The predicted octanol–water partition coefficient (Wildman–Crippen LogP) is 3.94. The number of hydrogen-bond acceptors (Lipinski definition) is 3. The van der Waals surface area contributed by atoms with Gasteiger partial charge in [-0.05, 0) is 55.7 Å². The zero-order valence-corrected chi connectivity index (χ0v) is 13.5. The van der Waals surface area contributed by atoms with Crippen LogP contribution in [0.15, 0.2) is 41.5 Å². The zero-order chi connectivity index (χ0) is 14.7. The Morgan fingerprint density at radius 2 is 2.14 bits per heavy atom. The molecule has 1 aliphatic carbocycles. The highest BCUT2D eigenvalue weighted by Gasteiger charge is 2.41. The molecular formula is C18H24O2S. The minimum Gasteiger partial charge on any atom is -0.389 e. The quantitative estimate of drug-likeness (QED) is 0.854. The van der Waals surface area contributed by atoms with E-state index in [4.69, 9.17) is 4.74 Å². The molecule has 114 valence electrons. The number of hydrogen-bond donors (Lipinski definition) is 1. The Balaban J connectivity index is 1.69. The lowest BCUT2D eigenvalue weighted by molar-refractivity contribution is 0.0611. The molecule has 1 aromatic carbocycles. The normalized spacial score (nSPS) is 27.3. The van der Waals surface area contributed by atoms with Gasteiger partial charge in [0, 0.05) is 5.75 Å². The molecule has 2 nitrogen and oxygen atoms in total. The van der Waals surface area contributed by atoms with E-state index in [1.165, 1.54) is 16.7 Å². The number of aliphatic hydroxyl groups excluding tert-OH is 1. The Bertz CT molecular complexity index is 503. The molecule has 1 saturated heterocycles. The van der Waals surface area contributed by atoms with Crippen molar-refractivity contribution in [1.29, 1.82) is 0 Å². The molecule has 1 heterocycles. The van der Waals surface area contributed by atoms with E-state index in [2.05, 4.69) is 31.2 Å². The Labute approximate surface area is 131 Å². The van der Waals surface area contributed by atoms with Crippen LogP contribution >= 0.6 is 11.8 Å². The fraction of sp³-hybridized carbons (Fsp3) is 0.556. The summed E-state index contributed by atoms with van der Waals surface area (Å²) in [6.07, 6.45) is 4.65. The van der Waals surface area contributed by atoms with Crippen molar-refractivity contribution in [3.05, 3.63) is 47.0 Å². The monoisotopic (exact) mass is 304 g/mol. The van der Waals surface area contributed by atoms with E-state index in [-0.39, 0.29) is 11.0 Å². The summed E-state index contributed by atoms with van der Waals surface area (Å²) >= 11 is 1.92. The van der Waals surface area contributed by atoms with E-state index in [1.54, 1.807) is 0 Å². The third-order valence-electron chi connectivity index (χ3n) is 4.71. The fourth-order valence-corrected chi connectivity index (χ4v) is 4.78. The number of rotatable bonds is 4. The van der Waals surface area contributed by atoms with Gasteiger partial charge in [0.05, 0.1) is 12.7 Å². The summed E-state index contributed by atoms with van der Waals surface area (Å²) in [6, 6.07) is 10.4. The van der Waals surface area contributed by atoms with E-state index in [1.807, 2.05) is 17.8 Å². The second kappa shape index (κ2) is 6.55. The van der Waals surface area contributed by atoms with E-state index in [9.17, 15) is 5.11 Å². The van der Waals surface area contributed by atoms with Gasteiger partial charge in [0.25, 0.3) is 0 Å². The molecule has 21 heavy (non-hydrogen) atoms. The SMILES string of the molecule is CC1=C([C@H](O)CCc2ccccc2)CCC[C@]12OCCS2. The van der Waals surface area contributed by atoms with E-state index >= 15 is 0 Å². The lowest BCUT2D eigenvalue weighted by Gasteiger charge is -2.36. The smallest absolute Gasteiger partial charge is 0.135 e. The standard InChI is InChI=1S/C18H24O2S/c1-14-16(8-5-11-18(14)20-12-13-21-18)17(19)10-9-15-6-3-2-4-7-15/h2-4,6-7,17,19H,5,8-13H2,1H3/t17-,18-/m1/s1. The van der Waals surface area contributed by atoms with Crippen molar-refractivity contribution in [3.8, 4) is 0 Å². The first-order valence-corrected chi connectivity index (χ1v) is 8.90. The molecule has 0 amide bonds. The van der Waals surface area contributed by atoms with Crippen LogP contribution in [-0.2, 0) is 11.2 Å². The molecular weight excluding hydrogens is 280 g/mol. The third-order valence-corrected chi connectivity index (χ3v) is 6.18. The van der Waals surface area contributed by atoms with Gasteiger partial charge in [-0.1, -0.05) is 30.3 Å². The highest BCUT2D eigenvalue weighted by Crippen LogP contribution is 2.48. The molecule has 0 bridgehead atoms. The number of benzene rings is 1. The van der Waals surface area contributed by atoms with Crippen LogP contribution in [-0.4, -0.2) is 28.5 Å². The van der Waals surface area contributed by atoms with E-state index in [0.29, 0.717) is 0 Å². The summed E-state index contributed by atoms with van der Waals surface area (Å²) in [7, 11) is 0. The molecule has 1 fully saturated rings. The molecule has 2 aliphatic rings. The van der Waals surface area contributed by atoms with Gasteiger partial charge in [-0.3, -0.25) is 0 Å². The maximum atomic E-state index is 10.6. The van der Waals surface area contributed by atoms with Crippen molar-refractivity contribution in [1.82, 2.24) is 0 Å². The summed E-state index contributed by atoms with van der Waals surface area (Å²) in [5.74, 6) is 1.07. The van der Waals surface area contributed by atoms with Crippen LogP contribution in [0, 0.1) is 0 Å². The Kier molecular flexibility index (Phi) is 4.72. The first-order valence-electron chi connectivity index (χ1n) is 7.91. The number of thioether (sulfide) groups is 1. The zero-order valence-electron chi connectivity index (χ0n) is 12.7. The maximum absolute atomic E-state index is 10.6. The summed E-state index contributed by atoms with van der Waals surface area (Å²) in [4.78, 5) is -0.124. The molecule has 2 atom stereocenters. The molecule has 3 heteroatoms. The first kappa shape index (κ1) is 15.1. The lowest BCUT2D eigenvalue weighted by Crippen LogP contribution is -2.32. The highest BCUT2D eigenvalue weighted by atomic mass is 32.2. The van der Waals surface area contributed by atoms with Crippen LogP contribution in [0.4, 0.5) is 0 Å². The summed E-state index contributed by atoms with van der Waals surface area (Å²) < 4.78 is 6.03. The van der Waals surface area contributed by atoms with Gasteiger partial charge in [0.2, 0.25) is 0 Å². The number of aryl methyl sites for hydroxylation is 1. The van der Waals surface area contributed by atoms with Crippen molar-refractivity contribution in [2.45, 2.75) is 50.1 Å². The van der Waals surface area contributed by atoms with Gasteiger partial charge in [-0.25, -0.2) is 0 Å². The average Bonchev–Trinajstić information content (AvgIpc) is 2.98. The molecule has 0 saturated carbocycles. The van der Waals surface area contributed by atoms with Crippen LogP contribution in [0.2, 0.25) is 0 Å². The number of ether oxygens (including phenoxy) is 1. The van der Waals surface area contributed by atoms with Gasteiger partial charge < -0.3 is 9.84 Å². The molecule has 3 rings (SSSR count). The van der Waals surface area contributed by atoms with Crippen molar-refractivity contribution in [2.75, 3.05) is 12.4 Å². The van der Waals surface area contributed by atoms with Crippen LogP contribution in [0.3, 0.4) is 0 Å². The maximum Gasteiger partial charge on any atom is 0.135 e. The predicted molar refractivity (Wildman–Crippen MR) is 88.5 cm³/mol. The molecule has 1 N–H and O–H groups in total. The van der Waals surface area contributed by atoms with Gasteiger partial charge in [-0.15, -0.1) is 11.8 Å². The summed E-state index contributed by atoms with van der Waals surface area (Å²) in [6.45, 7) is 3.01. The van der Waals surface area contributed by atoms with Crippen molar-refractivity contribution >= 4 is 11.8 Å². The van der Waals surface area contributed by atoms with Crippen molar-refractivity contribution in [3.63, 3.8) is 0 Å². The van der Waals surface area contributed by atoms with Crippen molar-refractivity contribution < 1.29 is 9.84 Å². The number of aliphatic hydroxyl groups is 1. The highest BCUT2D eigenvalue weighted by molar-refractivity contribution is 8.00. The topological polar surface area (TPSA) is 29.5 Å². The van der Waals surface area contributed by atoms with Crippen LogP contribution in [0.25, 0.3) is 0 Å². The van der Waals surface area contributed by atoms with E-state index in [0.717, 1.165) is 44.5 Å². The third kappa shape index (κ3) is 3.20. The first-order chi connectivity index (χ1) is 10.2. The fourth-order valence-electron chi connectivity index (χ4n) is 3.49. The second-order valence-electron chi connectivity index (χ2n) is 5.99. The van der Waals surface area contributed by atoms with Crippen LogP contribution < -0.4 is 0 Å². The minimum absolute atomic E-state index is 0.124. The average molecular weight is 304 g/mol. The molecule has 1 aromatic rings. The summed E-state index contributed by atoms with van der Waals surface area (Å²) in [5.41, 5.74) is 3.82. The van der Waals surface area contributed by atoms with Gasteiger partial charge >= 0.3 is 0 Å². The Morgan fingerprint density at radius 3 is 2.86 bits per heavy atom. The molecule has 1 spiro atoms. The van der Waals surface area contributed by atoms with E-state index < -0.39 is 0 Å². The largest absolute Gasteiger partial charge is 0.389 e. The molecule has 0 radical (unpaired) electrons. The van der Waals surface area contributed by atoms with Gasteiger partial charge in [0.1, 0.15) is 4.93 Å². The van der Waals surface area contributed by atoms with Crippen molar-refractivity contribution in [2.24, 2.45) is 0 Å². The second-order valence-corrected chi connectivity index (χ2v) is 7.35.